The maximum absolute atomic E-state index is 5.94. The molecule has 6 nitrogen and oxygen atoms in total. The quantitative estimate of drug-likeness (QED) is 0.152. The maximum Gasteiger partial charge on any atom is 0.142 e. The summed E-state index contributed by atoms with van der Waals surface area (Å²) in [5.41, 5.74) is 16.7. The lowest BCUT2D eigenvalue weighted by molar-refractivity contribution is 0.631. The Morgan fingerprint density at radius 2 is 0.838 bits per heavy atom. The van der Waals surface area contributed by atoms with E-state index in [1.807, 2.05) is 12.4 Å². The van der Waals surface area contributed by atoms with Gasteiger partial charge in [0.25, 0.3) is 0 Å². The molecule has 14 rings (SSSR count). The van der Waals surface area contributed by atoms with Gasteiger partial charge in [0.2, 0.25) is 0 Å². The van der Waals surface area contributed by atoms with Crippen LogP contribution in [-0.2, 0) is 10.8 Å². The fourth-order valence-corrected chi connectivity index (χ4v) is 12.3. The molecule has 2 aliphatic rings. The number of hydrogen-bond acceptors (Lipinski definition) is 5. The van der Waals surface area contributed by atoms with Crippen LogP contribution in [0.4, 0.5) is 51.4 Å². The smallest absolute Gasteiger partial charge is 0.142 e. The van der Waals surface area contributed by atoms with Crippen molar-refractivity contribution in [2.45, 2.75) is 24.7 Å². The summed E-state index contributed by atoms with van der Waals surface area (Å²) in [6, 6.07) is 92.1. The van der Waals surface area contributed by atoms with E-state index in [1.54, 1.807) is 0 Å². The molecule has 6 heteroatoms. The molecule has 0 spiro atoms. The molecule has 5 heterocycles. The zero-order valence-corrected chi connectivity index (χ0v) is 41.1. The van der Waals surface area contributed by atoms with E-state index in [2.05, 4.69) is 288 Å². The molecule has 0 N–H and O–H groups in total. The third kappa shape index (κ3) is 6.51. The summed E-state index contributed by atoms with van der Waals surface area (Å²) in [5, 5.41) is 2.39. The van der Waals surface area contributed by atoms with Crippen LogP contribution in [0.2, 0.25) is 0 Å². The standard InChI is InChI=1S/C68H50N6/c1-67(2)55-33-17-21-37-61(55)73(63-40-39-51(43-58(63)67)71(49-27-11-5-12-28-49)50-29-13-6-14-30-50)65-44-52(72-59-35-19-15-31-53(59)54-32-16-20-36-60(54)72)45-66(70-65)74-62-38-22-18-34-56(62)68(47-23-7-3-8-24-47,48-25-9-4-10-26-48)57-41-42-69-46-64(57)74/h3-46H,1-2H3. The number of fused-ring (bicyclic) bond motifs is 7. The molecule has 0 radical (unpaired) electrons. The normalized spacial score (nSPS) is 14.0. The minimum Gasteiger partial charge on any atom is -0.310 e. The van der Waals surface area contributed by atoms with E-state index in [1.165, 1.54) is 33.0 Å². The number of benzene rings is 9. The van der Waals surface area contributed by atoms with Gasteiger partial charge < -0.3 is 9.47 Å². The molecule has 12 aromatic rings. The molecule has 0 bridgehead atoms. The van der Waals surface area contributed by atoms with Gasteiger partial charge in [0.05, 0.1) is 51.1 Å². The summed E-state index contributed by atoms with van der Waals surface area (Å²) in [6.07, 6.45) is 3.97. The zero-order chi connectivity index (χ0) is 49.4. The Balaban J connectivity index is 1.06. The molecule has 74 heavy (non-hydrogen) atoms. The van der Waals surface area contributed by atoms with Crippen LogP contribution >= 0.6 is 0 Å². The van der Waals surface area contributed by atoms with Crippen molar-refractivity contribution in [3.8, 4) is 5.69 Å². The lowest BCUT2D eigenvalue weighted by Crippen LogP contribution is -2.38. The van der Waals surface area contributed by atoms with Crippen LogP contribution in [-0.4, -0.2) is 14.5 Å². The van der Waals surface area contributed by atoms with Gasteiger partial charge >= 0.3 is 0 Å². The van der Waals surface area contributed by atoms with Crippen molar-refractivity contribution in [2.24, 2.45) is 0 Å². The van der Waals surface area contributed by atoms with Gasteiger partial charge in [-0.25, -0.2) is 4.98 Å². The highest BCUT2D eigenvalue weighted by molar-refractivity contribution is 6.09. The van der Waals surface area contributed by atoms with Crippen molar-refractivity contribution in [3.63, 3.8) is 0 Å². The molecular weight excluding hydrogens is 901 g/mol. The van der Waals surface area contributed by atoms with Gasteiger partial charge in [-0.2, -0.15) is 0 Å². The molecule has 0 unspecified atom stereocenters. The molecule has 0 saturated carbocycles. The van der Waals surface area contributed by atoms with Gasteiger partial charge in [0, 0.05) is 51.6 Å². The lowest BCUT2D eigenvalue weighted by atomic mass is 9.62. The number of rotatable bonds is 8. The summed E-state index contributed by atoms with van der Waals surface area (Å²) in [6.45, 7) is 4.71. The van der Waals surface area contributed by atoms with E-state index >= 15 is 0 Å². The number of para-hydroxylation sites is 6. The lowest BCUT2D eigenvalue weighted by Gasteiger charge is -2.46. The van der Waals surface area contributed by atoms with Crippen LogP contribution in [0.5, 0.6) is 0 Å². The molecule has 0 aliphatic carbocycles. The number of hydrogen-bond donors (Lipinski definition) is 0. The van der Waals surface area contributed by atoms with E-state index in [-0.39, 0.29) is 5.41 Å². The Bertz CT molecular complexity index is 3890. The Hall–Kier alpha value is -9.52. The third-order valence-electron chi connectivity index (χ3n) is 15.5. The molecule has 0 saturated heterocycles. The monoisotopic (exact) mass is 950 g/mol. The molecule has 0 atom stereocenters. The predicted molar refractivity (Wildman–Crippen MR) is 304 cm³/mol. The second kappa shape index (κ2) is 17.1. The Labute approximate surface area is 431 Å². The second-order valence-corrected chi connectivity index (χ2v) is 19.8. The topological polar surface area (TPSA) is 40.4 Å². The summed E-state index contributed by atoms with van der Waals surface area (Å²) in [5.74, 6) is 1.57. The number of pyridine rings is 2. The highest BCUT2D eigenvalue weighted by atomic mass is 15.3. The summed E-state index contributed by atoms with van der Waals surface area (Å²) >= 11 is 0. The maximum atomic E-state index is 5.94. The van der Waals surface area contributed by atoms with Gasteiger partial charge in [0.15, 0.2) is 0 Å². The van der Waals surface area contributed by atoms with E-state index in [4.69, 9.17) is 9.97 Å². The second-order valence-electron chi connectivity index (χ2n) is 19.8. The third-order valence-corrected chi connectivity index (χ3v) is 15.5. The van der Waals surface area contributed by atoms with Gasteiger partial charge in [0.1, 0.15) is 11.6 Å². The van der Waals surface area contributed by atoms with Crippen LogP contribution in [0.1, 0.15) is 47.2 Å². The van der Waals surface area contributed by atoms with Crippen LogP contribution in [0.15, 0.2) is 267 Å². The van der Waals surface area contributed by atoms with Crippen LogP contribution < -0.4 is 14.7 Å². The zero-order valence-electron chi connectivity index (χ0n) is 41.1. The van der Waals surface area contributed by atoms with Crippen LogP contribution in [0.25, 0.3) is 27.5 Å². The minimum atomic E-state index is -0.664. The average molecular weight is 951 g/mol. The Kier molecular flexibility index (Phi) is 9.99. The highest BCUT2D eigenvalue weighted by Gasteiger charge is 2.47. The molecule has 9 aromatic carbocycles. The minimum absolute atomic E-state index is 0.376. The van der Waals surface area contributed by atoms with Gasteiger partial charge in [-0.05, 0) is 106 Å². The molecular formula is C68H50N6. The molecule has 352 valence electrons. The molecule has 0 fully saturated rings. The van der Waals surface area contributed by atoms with Crippen molar-refractivity contribution in [2.75, 3.05) is 14.7 Å². The van der Waals surface area contributed by atoms with Crippen molar-refractivity contribution in [1.82, 2.24) is 14.5 Å². The van der Waals surface area contributed by atoms with Gasteiger partial charge in [-0.1, -0.05) is 184 Å². The Morgan fingerprint density at radius 3 is 1.43 bits per heavy atom. The SMILES string of the molecule is CC1(C)c2ccccc2N(c2cc(-n3c4ccccc4c4ccccc43)cc(N3c4ccccc4C(c4ccccc4)(c4ccccc4)c4ccncc43)n2)c2ccc(N(c3ccccc3)c3ccccc3)cc21. The van der Waals surface area contributed by atoms with Crippen LogP contribution in [0, 0.1) is 0 Å². The number of anilines is 9. The van der Waals surface area contributed by atoms with Crippen molar-refractivity contribution < 1.29 is 0 Å². The summed E-state index contributed by atoms with van der Waals surface area (Å²) in [7, 11) is 0. The van der Waals surface area contributed by atoms with Crippen molar-refractivity contribution >= 4 is 73.3 Å². The fraction of sp³-hybridized carbons (Fsp3) is 0.0588. The molecule has 3 aromatic heterocycles. The molecule has 0 amide bonds. The summed E-state index contributed by atoms with van der Waals surface area (Å²) < 4.78 is 2.42. The highest BCUT2D eigenvalue weighted by Crippen LogP contribution is 2.59. The van der Waals surface area contributed by atoms with Crippen molar-refractivity contribution in [3.05, 3.63) is 301 Å². The Morgan fingerprint density at radius 1 is 0.378 bits per heavy atom. The fourth-order valence-electron chi connectivity index (χ4n) is 12.3. The predicted octanol–water partition coefficient (Wildman–Crippen LogP) is 17.3. The van der Waals surface area contributed by atoms with Crippen molar-refractivity contribution in [1.29, 1.82) is 0 Å². The van der Waals surface area contributed by atoms with E-state index in [0.717, 1.165) is 79.3 Å². The number of aromatic nitrogens is 3. The first-order chi connectivity index (χ1) is 36.5. The average Bonchev–Trinajstić information content (AvgIpc) is 3.82. The first-order valence-electron chi connectivity index (χ1n) is 25.4. The first kappa shape index (κ1) is 43.3. The van der Waals surface area contributed by atoms with E-state index in [9.17, 15) is 0 Å². The molecule has 2 aliphatic heterocycles. The first-order valence-corrected chi connectivity index (χ1v) is 25.4. The largest absolute Gasteiger partial charge is 0.310 e. The van der Waals surface area contributed by atoms with E-state index < -0.39 is 5.41 Å². The van der Waals surface area contributed by atoms with Crippen LogP contribution in [0.3, 0.4) is 0 Å². The van der Waals surface area contributed by atoms with Gasteiger partial charge in [-0.3, -0.25) is 14.8 Å². The summed E-state index contributed by atoms with van der Waals surface area (Å²) in [4.78, 5) is 18.0. The van der Waals surface area contributed by atoms with Gasteiger partial charge in [-0.15, -0.1) is 0 Å². The number of nitrogens with zero attached hydrogens (tertiary/aromatic N) is 6. The van der Waals surface area contributed by atoms with E-state index in [0.29, 0.717) is 0 Å².